The van der Waals surface area contributed by atoms with Crippen LogP contribution < -0.4 is 0 Å². The first kappa shape index (κ1) is 23.0. The Labute approximate surface area is 247 Å². The third-order valence-electron chi connectivity index (χ3n) is 9.31. The molecule has 3 aromatic heterocycles. The van der Waals surface area contributed by atoms with Crippen LogP contribution in [-0.2, 0) is 12.8 Å². The van der Waals surface area contributed by atoms with Crippen LogP contribution in [-0.4, -0.2) is 18.7 Å². The molecular formula is C39H26N4. The molecule has 4 nitrogen and oxygen atoms in total. The molecule has 0 bridgehead atoms. The van der Waals surface area contributed by atoms with E-state index in [9.17, 15) is 0 Å². The second-order valence-electron chi connectivity index (χ2n) is 11.6. The number of hydrogen-bond donors (Lipinski definition) is 0. The zero-order chi connectivity index (χ0) is 28.1. The Kier molecular flexibility index (Phi) is 4.53. The van der Waals surface area contributed by atoms with Crippen molar-refractivity contribution in [3.8, 4) is 17.1 Å². The van der Waals surface area contributed by atoms with Crippen molar-refractivity contribution >= 4 is 54.6 Å². The topological polar surface area (TPSA) is 27.7 Å². The van der Waals surface area contributed by atoms with E-state index in [0.29, 0.717) is 0 Å². The normalized spacial score (nSPS) is 12.9. The van der Waals surface area contributed by atoms with Gasteiger partial charge in [0.1, 0.15) is 5.82 Å². The Balaban J connectivity index is 1.23. The molecule has 10 rings (SSSR count). The van der Waals surface area contributed by atoms with E-state index in [1.165, 1.54) is 60.5 Å². The van der Waals surface area contributed by atoms with Crippen molar-refractivity contribution in [2.24, 2.45) is 0 Å². The molecule has 0 aliphatic carbocycles. The molecule has 0 atom stereocenters. The van der Waals surface area contributed by atoms with Crippen molar-refractivity contribution in [2.75, 3.05) is 0 Å². The molecule has 0 radical (unpaired) electrons. The third-order valence-corrected chi connectivity index (χ3v) is 9.31. The summed E-state index contributed by atoms with van der Waals surface area (Å²) in [5, 5.41) is 5.05. The zero-order valence-corrected chi connectivity index (χ0v) is 23.4. The van der Waals surface area contributed by atoms with Gasteiger partial charge in [-0.05, 0) is 72.6 Å². The average molecular weight is 551 g/mol. The minimum absolute atomic E-state index is 0.960. The van der Waals surface area contributed by atoms with Crippen LogP contribution in [0.5, 0.6) is 0 Å². The SMILES string of the molecule is c1ccc2c(c1)CCc1nc3ccc(-n4c5ccccc5c5cc(-n6c7ccccc7c7ccccc76)ccc54)cc3n1-2. The van der Waals surface area contributed by atoms with Gasteiger partial charge in [0.05, 0.1) is 38.8 Å². The fraction of sp³-hybridized carbons (Fsp3) is 0.0513. The number of para-hydroxylation sites is 4. The minimum Gasteiger partial charge on any atom is -0.309 e. The van der Waals surface area contributed by atoms with Gasteiger partial charge in [-0.2, -0.15) is 0 Å². The van der Waals surface area contributed by atoms with E-state index in [4.69, 9.17) is 4.98 Å². The summed E-state index contributed by atoms with van der Waals surface area (Å²) in [7, 11) is 0. The molecule has 1 aliphatic heterocycles. The van der Waals surface area contributed by atoms with Gasteiger partial charge >= 0.3 is 0 Å². The molecule has 9 aromatic rings. The van der Waals surface area contributed by atoms with E-state index in [1.54, 1.807) is 0 Å². The lowest BCUT2D eigenvalue weighted by atomic mass is 10.0. The van der Waals surface area contributed by atoms with Gasteiger partial charge in [-0.25, -0.2) is 4.98 Å². The van der Waals surface area contributed by atoms with Crippen molar-refractivity contribution in [1.29, 1.82) is 0 Å². The Morgan fingerprint density at radius 3 is 1.70 bits per heavy atom. The van der Waals surface area contributed by atoms with Gasteiger partial charge in [0.2, 0.25) is 0 Å². The molecule has 0 fully saturated rings. The predicted octanol–water partition coefficient (Wildman–Crippen LogP) is 9.32. The Morgan fingerprint density at radius 2 is 0.977 bits per heavy atom. The number of hydrogen-bond acceptors (Lipinski definition) is 1. The first-order valence-electron chi connectivity index (χ1n) is 15.0. The number of fused-ring (bicyclic) bond motifs is 11. The molecule has 0 spiro atoms. The molecule has 0 saturated carbocycles. The van der Waals surface area contributed by atoms with E-state index >= 15 is 0 Å². The average Bonchev–Trinajstić information content (AvgIpc) is 3.72. The van der Waals surface area contributed by atoms with Crippen LogP contribution >= 0.6 is 0 Å². The highest BCUT2D eigenvalue weighted by Gasteiger charge is 2.21. The summed E-state index contributed by atoms with van der Waals surface area (Å²) in [4.78, 5) is 5.04. The van der Waals surface area contributed by atoms with Gasteiger partial charge < -0.3 is 9.13 Å². The summed E-state index contributed by atoms with van der Waals surface area (Å²) in [5.41, 5.74) is 12.0. The van der Waals surface area contributed by atoms with Gasteiger partial charge in [-0.15, -0.1) is 0 Å². The standard InChI is InChI=1S/C39H26N4/c1-5-13-33-25(9-1)17-22-39-40-32-20-18-27(24-38(32)43(33)39)42-36-16-8-4-12-30(36)31-23-26(19-21-37(31)42)41-34-14-6-2-10-28(34)29-11-3-7-15-35(29)41/h1-16,18-21,23-24H,17,22H2. The summed E-state index contributed by atoms with van der Waals surface area (Å²) < 4.78 is 7.18. The highest BCUT2D eigenvalue weighted by atomic mass is 15.1. The van der Waals surface area contributed by atoms with E-state index in [0.717, 1.165) is 35.4 Å². The molecule has 202 valence electrons. The van der Waals surface area contributed by atoms with E-state index in [-0.39, 0.29) is 0 Å². The van der Waals surface area contributed by atoms with Gasteiger partial charge in [0.25, 0.3) is 0 Å². The van der Waals surface area contributed by atoms with Gasteiger partial charge in [0.15, 0.2) is 0 Å². The Morgan fingerprint density at radius 1 is 0.419 bits per heavy atom. The number of benzene rings is 6. The van der Waals surface area contributed by atoms with Gasteiger partial charge in [-0.1, -0.05) is 72.8 Å². The maximum atomic E-state index is 5.04. The monoisotopic (exact) mass is 550 g/mol. The fourth-order valence-electron chi connectivity index (χ4n) is 7.45. The molecule has 0 amide bonds. The molecular weight excluding hydrogens is 524 g/mol. The second-order valence-corrected chi connectivity index (χ2v) is 11.6. The third kappa shape index (κ3) is 3.12. The number of imidazole rings is 1. The molecule has 0 saturated heterocycles. The molecule has 1 aliphatic rings. The van der Waals surface area contributed by atoms with Crippen LogP contribution in [0.3, 0.4) is 0 Å². The first-order chi connectivity index (χ1) is 21.3. The van der Waals surface area contributed by atoms with Crippen molar-refractivity contribution in [3.05, 3.63) is 145 Å². The van der Waals surface area contributed by atoms with Crippen molar-refractivity contribution in [3.63, 3.8) is 0 Å². The van der Waals surface area contributed by atoms with Crippen LogP contribution in [0.25, 0.3) is 71.7 Å². The maximum absolute atomic E-state index is 5.04. The summed E-state index contributed by atoms with van der Waals surface area (Å²) in [6.45, 7) is 0. The van der Waals surface area contributed by atoms with Crippen LogP contribution in [0.15, 0.2) is 133 Å². The van der Waals surface area contributed by atoms with Gasteiger partial charge in [0, 0.05) is 39.3 Å². The van der Waals surface area contributed by atoms with Crippen LogP contribution in [0.2, 0.25) is 0 Å². The lowest BCUT2D eigenvalue weighted by molar-refractivity contribution is 0.789. The van der Waals surface area contributed by atoms with Crippen molar-refractivity contribution in [1.82, 2.24) is 18.7 Å². The zero-order valence-electron chi connectivity index (χ0n) is 23.4. The molecule has 0 unspecified atom stereocenters. The quantitative estimate of drug-likeness (QED) is 0.211. The maximum Gasteiger partial charge on any atom is 0.114 e. The second kappa shape index (κ2) is 8.46. The van der Waals surface area contributed by atoms with Crippen LogP contribution in [0.1, 0.15) is 11.4 Å². The smallest absolute Gasteiger partial charge is 0.114 e. The van der Waals surface area contributed by atoms with Gasteiger partial charge in [-0.3, -0.25) is 4.57 Å². The van der Waals surface area contributed by atoms with E-state index in [1.807, 2.05) is 0 Å². The lowest BCUT2D eigenvalue weighted by Crippen LogP contribution is -2.12. The first-order valence-corrected chi connectivity index (χ1v) is 15.0. The highest BCUT2D eigenvalue weighted by molar-refractivity contribution is 6.12. The Bertz CT molecular complexity index is 2520. The molecule has 4 heteroatoms. The largest absolute Gasteiger partial charge is 0.309 e. The molecule has 0 N–H and O–H groups in total. The predicted molar refractivity (Wildman–Crippen MR) is 177 cm³/mol. The summed E-state index contributed by atoms with van der Waals surface area (Å²) in [5.74, 6) is 1.14. The van der Waals surface area contributed by atoms with Crippen LogP contribution in [0.4, 0.5) is 0 Å². The number of aromatic nitrogens is 4. The summed E-state index contributed by atoms with van der Waals surface area (Å²) in [6, 6.07) is 48.6. The lowest BCUT2D eigenvalue weighted by Gasteiger charge is -2.19. The highest BCUT2D eigenvalue weighted by Crippen LogP contribution is 2.38. The van der Waals surface area contributed by atoms with E-state index in [2.05, 4.69) is 147 Å². The van der Waals surface area contributed by atoms with Crippen LogP contribution in [0, 0.1) is 0 Å². The fourth-order valence-corrected chi connectivity index (χ4v) is 7.45. The van der Waals surface area contributed by atoms with Crippen molar-refractivity contribution < 1.29 is 0 Å². The minimum atomic E-state index is 0.960. The molecule has 6 aromatic carbocycles. The number of nitrogens with zero attached hydrogens (tertiary/aromatic N) is 4. The summed E-state index contributed by atoms with van der Waals surface area (Å²) in [6.07, 6.45) is 2.00. The Hall–Kier alpha value is -5.61. The molecule has 43 heavy (non-hydrogen) atoms. The number of rotatable bonds is 2. The summed E-state index contributed by atoms with van der Waals surface area (Å²) >= 11 is 0. The van der Waals surface area contributed by atoms with E-state index < -0.39 is 0 Å². The molecule has 4 heterocycles. The number of aryl methyl sites for hydroxylation is 2. The van der Waals surface area contributed by atoms with Crippen molar-refractivity contribution in [2.45, 2.75) is 12.8 Å².